The minimum absolute atomic E-state index is 0.0221. The summed E-state index contributed by atoms with van der Waals surface area (Å²) in [5.74, 6) is -0.166. The number of halogens is 2. The van der Waals surface area contributed by atoms with Gasteiger partial charge in [-0.15, -0.1) is 0 Å². The van der Waals surface area contributed by atoms with Crippen LogP contribution in [-0.2, 0) is 4.74 Å². The molecule has 20 heavy (non-hydrogen) atoms. The largest absolute Gasteiger partial charge is 0.435 e. The second-order valence-electron chi connectivity index (χ2n) is 4.37. The van der Waals surface area contributed by atoms with Gasteiger partial charge in [0.2, 0.25) is 0 Å². The van der Waals surface area contributed by atoms with Crippen molar-refractivity contribution in [3.05, 3.63) is 29.8 Å². The first-order valence-corrected chi connectivity index (χ1v) is 6.25. The fourth-order valence-electron chi connectivity index (χ4n) is 2.06. The van der Waals surface area contributed by atoms with E-state index in [2.05, 4.69) is 4.74 Å². The zero-order valence-electron chi connectivity index (χ0n) is 10.8. The van der Waals surface area contributed by atoms with Crippen LogP contribution >= 0.6 is 0 Å². The zero-order valence-corrected chi connectivity index (χ0v) is 10.8. The number of nitrogens with two attached hydrogens (primary N) is 1. The third-order valence-electron chi connectivity index (χ3n) is 3.09. The molecule has 1 aliphatic heterocycles. The molecule has 1 aromatic rings. The van der Waals surface area contributed by atoms with Gasteiger partial charge >= 0.3 is 6.61 Å². The van der Waals surface area contributed by atoms with Crippen molar-refractivity contribution in [2.75, 3.05) is 26.3 Å². The highest BCUT2D eigenvalue weighted by atomic mass is 19.3. The smallest absolute Gasteiger partial charge is 0.387 e. The van der Waals surface area contributed by atoms with Crippen LogP contribution in [0.5, 0.6) is 5.75 Å². The molecule has 1 atom stereocenters. The Bertz CT molecular complexity index is 453. The van der Waals surface area contributed by atoms with Crippen molar-refractivity contribution in [2.45, 2.75) is 12.7 Å². The van der Waals surface area contributed by atoms with Crippen LogP contribution in [-0.4, -0.2) is 49.8 Å². The van der Waals surface area contributed by atoms with Crippen molar-refractivity contribution in [1.82, 2.24) is 4.90 Å². The average molecular weight is 286 g/mol. The Balaban J connectivity index is 2.08. The van der Waals surface area contributed by atoms with Crippen LogP contribution in [0.4, 0.5) is 8.78 Å². The van der Waals surface area contributed by atoms with Crippen molar-refractivity contribution < 1.29 is 23.0 Å². The van der Waals surface area contributed by atoms with E-state index in [9.17, 15) is 13.6 Å². The van der Waals surface area contributed by atoms with Gasteiger partial charge in [-0.1, -0.05) is 0 Å². The molecule has 7 heteroatoms. The number of ether oxygens (including phenoxy) is 2. The topological polar surface area (TPSA) is 64.8 Å². The summed E-state index contributed by atoms with van der Waals surface area (Å²) in [6.45, 7) is -1.21. The van der Waals surface area contributed by atoms with E-state index in [0.717, 1.165) is 0 Å². The molecule has 0 spiro atoms. The van der Waals surface area contributed by atoms with E-state index in [-0.39, 0.29) is 17.7 Å². The second-order valence-corrected chi connectivity index (χ2v) is 4.37. The number of carbonyl (C=O) groups is 1. The maximum atomic E-state index is 12.3. The van der Waals surface area contributed by atoms with E-state index >= 15 is 0 Å². The van der Waals surface area contributed by atoms with E-state index in [4.69, 9.17) is 10.5 Å². The molecule has 0 bridgehead atoms. The maximum absolute atomic E-state index is 12.3. The molecule has 0 aromatic heterocycles. The molecule has 1 heterocycles. The van der Waals surface area contributed by atoms with Gasteiger partial charge in [-0.3, -0.25) is 4.79 Å². The fraction of sp³-hybridized carbons (Fsp3) is 0.462. The van der Waals surface area contributed by atoms with Gasteiger partial charge in [0.25, 0.3) is 5.91 Å². The second kappa shape index (κ2) is 6.62. The van der Waals surface area contributed by atoms with Crippen LogP contribution in [0.3, 0.4) is 0 Å². The summed E-state index contributed by atoms with van der Waals surface area (Å²) in [6, 6.07) is 5.45. The van der Waals surface area contributed by atoms with E-state index < -0.39 is 6.61 Å². The molecule has 1 aliphatic rings. The summed E-state index contributed by atoms with van der Waals surface area (Å²) in [5, 5.41) is 0. The van der Waals surface area contributed by atoms with E-state index in [1.807, 2.05) is 0 Å². The lowest BCUT2D eigenvalue weighted by molar-refractivity contribution is -0.0498. The van der Waals surface area contributed by atoms with Crippen molar-refractivity contribution in [3.63, 3.8) is 0 Å². The first kappa shape index (κ1) is 14.7. The Morgan fingerprint density at radius 3 is 2.75 bits per heavy atom. The predicted molar refractivity (Wildman–Crippen MR) is 67.8 cm³/mol. The van der Waals surface area contributed by atoms with Crippen molar-refractivity contribution in [1.29, 1.82) is 0 Å². The molecule has 0 saturated carbocycles. The number of morpholine rings is 1. The van der Waals surface area contributed by atoms with Gasteiger partial charge in [0, 0.05) is 18.7 Å². The maximum Gasteiger partial charge on any atom is 0.387 e. The highest BCUT2D eigenvalue weighted by molar-refractivity contribution is 5.94. The van der Waals surface area contributed by atoms with Crippen LogP contribution in [0.1, 0.15) is 10.4 Å². The summed E-state index contributed by atoms with van der Waals surface area (Å²) in [6.07, 6.45) is 0. The quantitative estimate of drug-likeness (QED) is 0.900. The summed E-state index contributed by atoms with van der Waals surface area (Å²) in [5.41, 5.74) is 6.02. The third kappa shape index (κ3) is 3.43. The Morgan fingerprint density at radius 2 is 2.15 bits per heavy atom. The number of amides is 1. The first-order valence-electron chi connectivity index (χ1n) is 6.25. The first-order chi connectivity index (χ1) is 9.61. The highest BCUT2D eigenvalue weighted by Crippen LogP contribution is 2.17. The van der Waals surface area contributed by atoms with Gasteiger partial charge in [-0.05, 0) is 24.3 Å². The van der Waals surface area contributed by atoms with E-state index in [0.29, 0.717) is 31.9 Å². The number of benzene rings is 1. The van der Waals surface area contributed by atoms with Gasteiger partial charge in [0.15, 0.2) is 0 Å². The molecule has 5 nitrogen and oxygen atoms in total. The summed E-state index contributed by atoms with van der Waals surface area (Å²) < 4.78 is 33.6. The third-order valence-corrected chi connectivity index (χ3v) is 3.09. The van der Waals surface area contributed by atoms with Gasteiger partial charge in [0.05, 0.1) is 19.3 Å². The molecule has 1 aromatic carbocycles. The lowest BCUT2D eigenvalue weighted by Crippen LogP contribution is -2.52. The SMILES string of the molecule is NCC1COCCN1C(=O)c1ccc(OC(F)F)cc1. The molecule has 2 N–H and O–H groups in total. The number of carbonyl (C=O) groups excluding carboxylic acids is 1. The highest BCUT2D eigenvalue weighted by Gasteiger charge is 2.26. The van der Waals surface area contributed by atoms with Crippen molar-refractivity contribution in [2.24, 2.45) is 5.73 Å². The van der Waals surface area contributed by atoms with Crippen LogP contribution in [0.25, 0.3) is 0 Å². The minimum atomic E-state index is -2.88. The van der Waals surface area contributed by atoms with Crippen molar-refractivity contribution in [3.8, 4) is 5.75 Å². The van der Waals surface area contributed by atoms with E-state index in [1.54, 1.807) is 4.90 Å². The summed E-state index contributed by atoms with van der Waals surface area (Å²) >= 11 is 0. The molecule has 1 amide bonds. The van der Waals surface area contributed by atoms with Gasteiger partial charge in [0.1, 0.15) is 5.75 Å². The minimum Gasteiger partial charge on any atom is -0.435 e. The van der Waals surface area contributed by atoms with E-state index in [1.165, 1.54) is 24.3 Å². The standard InChI is InChI=1S/C13H16F2N2O3/c14-13(15)20-11-3-1-9(2-4-11)12(18)17-5-6-19-8-10(17)7-16/h1-4,10,13H,5-8,16H2. The van der Waals surface area contributed by atoms with Crippen LogP contribution in [0, 0.1) is 0 Å². The molecule has 1 saturated heterocycles. The number of hydrogen-bond donors (Lipinski definition) is 1. The zero-order chi connectivity index (χ0) is 14.5. The Morgan fingerprint density at radius 1 is 1.45 bits per heavy atom. The van der Waals surface area contributed by atoms with Crippen LogP contribution in [0.15, 0.2) is 24.3 Å². The number of alkyl halides is 2. The normalized spacial score (nSPS) is 19.2. The lowest BCUT2D eigenvalue weighted by Gasteiger charge is -2.34. The number of nitrogens with zero attached hydrogens (tertiary/aromatic N) is 1. The van der Waals surface area contributed by atoms with Gasteiger partial charge < -0.3 is 20.1 Å². The fourth-order valence-corrected chi connectivity index (χ4v) is 2.06. The molecule has 1 unspecified atom stereocenters. The van der Waals surface area contributed by atoms with Crippen molar-refractivity contribution >= 4 is 5.91 Å². The Labute approximate surface area is 115 Å². The lowest BCUT2D eigenvalue weighted by atomic mass is 10.1. The molecule has 110 valence electrons. The molecule has 1 fully saturated rings. The average Bonchev–Trinajstić information content (AvgIpc) is 2.46. The molecular weight excluding hydrogens is 270 g/mol. The summed E-state index contributed by atoms with van der Waals surface area (Å²) in [4.78, 5) is 14.0. The summed E-state index contributed by atoms with van der Waals surface area (Å²) in [7, 11) is 0. The number of rotatable bonds is 4. The van der Waals surface area contributed by atoms with Gasteiger partial charge in [-0.2, -0.15) is 8.78 Å². The van der Waals surface area contributed by atoms with Crippen LogP contribution < -0.4 is 10.5 Å². The molecule has 0 radical (unpaired) electrons. The molecule has 0 aliphatic carbocycles. The number of hydrogen-bond acceptors (Lipinski definition) is 4. The van der Waals surface area contributed by atoms with Gasteiger partial charge in [-0.25, -0.2) is 0 Å². The Kier molecular flexibility index (Phi) is 4.86. The monoisotopic (exact) mass is 286 g/mol. The molecular formula is C13H16F2N2O3. The molecule has 2 rings (SSSR count). The predicted octanol–water partition coefficient (Wildman–Crippen LogP) is 1.09. The Hall–Kier alpha value is -1.73. The van der Waals surface area contributed by atoms with Crippen LogP contribution in [0.2, 0.25) is 0 Å².